The lowest BCUT2D eigenvalue weighted by Gasteiger charge is -2.26. The quantitative estimate of drug-likeness (QED) is 0.153. The first-order chi connectivity index (χ1) is 29.7. The minimum absolute atomic E-state index is 0.894. The van der Waals surface area contributed by atoms with E-state index >= 15 is 0 Å². The third kappa shape index (κ3) is 6.51. The molecule has 0 amide bonds. The fraction of sp³-hybridized carbons (Fsp3) is 0. The predicted molar refractivity (Wildman–Crippen MR) is 253 cm³/mol. The molecule has 2 heteroatoms. The number of hydrogen-bond donors (Lipinski definition) is 0. The highest BCUT2D eigenvalue weighted by molar-refractivity contribution is 6.19. The van der Waals surface area contributed by atoms with Crippen molar-refractivity contribution in [3.8, 4) is 55.6 Å². The molecule has 1 aromatic heterocycles. The topological polar surface area (TPSA) is 16.4 Å². The maximum Gasteiger partial charge on any atom is 0.143 e. The zero-order valence-electron chi connectivity index (χ0n) is 32.9. The summed E-state index contributed by atoms with van der Waals surface area (Å²) >= 11 is 0. The first-order valence-electron chi connectivity index (χ1n) is 20.5. The standard InChI is InChI=1S/C58H39NO/c1-4-13-40(14-5-1)43-23-25-44(26-24-43)45-27-32-49(33-28-45)59(51-20-12-19-47(37-51)41-15-6-2-7-16-41)50-34-29-46(30-35-50)54-39-56-55-38-48(42-17-8-3-9-18-42)31-36-57(55)60-58(56)53-22-11-10-21-52(53)54/h1-39H. The van der Waals surface area contributed by atoms with Crippen LogP contribution < -0.4 is 4.90 Å². The summed E-state index contributed by atoms with van der Waals surface area (Å²) in [4.78, 5) is 2.36. The van der Waals surface area contributed by atoms with Crippen LogP contribution in [-0.2, 0) is 0 Å². The Morgan fingerprint density at radius 2 is 0.683 bits per heavy atom. The van der Waals surface area contributed by atoms with Crippen molar-refractivity contribution in [3.05, 3.63) is 237 Å². The van der Waals surface area contributed by atoms with Gasteiger partial charge in [0, 0.05) is 33.2 Å². The molecular formula is C58H39NO. The van der Waals surface area contributed by atoms with Gasteiger partial charge in [-0.25, -0.2) is 0 Å². The number of rotatable bonds is 8. The Balaban J connectivity index is 0.996. The van der Waals surface area contributed by atoms with Gasteiger partial charge < -0.3 is 9.32 Å². The second-order valence-corrected chi connectivity index (χ2v) is 15.3. The summed E-state index contributed by atoms with van der Waals surface area (Å²) in [5.41, 5.74) is 16.9. The van der Waals surface area contributed by atoms with Gasteiger partial charge in [0.05, 0.1) is 0 Å². The fourth-order valence-corrected chi connectivity index (χ4v) is 8.63. The second-order valence-electron chi connectivity index (χ2n) is 15.3. The molecule has 0 atom stereocenters. The van der Waals surface area contributed by atoms with E-state index in [-0.39, 0.29) is 0 Å². The van der Waals surface area contributed by atoms with Crippen molar-refractivity contribution in [1.29, 1.82) is 0 Å². The average molecular weight is 766 g/mol. The molecule has 0 aliphatic heterocycles. The van der Waals surface area contributed by atoms with Crippen LogP contribution in [0.2, 0.25) is 0 Å². The third-order valence-electron chi connectivity index (χ3n) is 11.7. The van der Waals surface area contributed by atoms with Gasteiger partial charge in [-0.05, 0) is 116 Å². The smallest absolute Gasteiger partial charge is 0.143 e. The number of fused-ring (bicyclic) bond motifs is 5. The highest BCUT2D eigenvalue weighted by Gasteiger charge is 2.18. The highest BCUT2D eigenvalue weighted by Crippen LogP contribution is 2.43. The number of anilines is 3. The first-order valence-corrected chi connectivity index (χ1v) is 20.5. The molecule has 2 nitrogen and oxygen atoms in total. The van der Waals surface area contributed by atoms with Gasteiger partial charge in [0.15, 0.2) is 0 Å². The summed E-state index contributed by atoms with van der Waals surface area (Å²) in [5.74, 6) is 0. The van der Waals surface area contributed by atoms with E-state index in [0.717, 1.165) is 50.0 Å². The molecule has 11 aromatic rings. The van der Waals surface area contributed by atoms with Crippen molar-refractivity contribution in [2.24, 2.45) is 0 Å². The van der Waals surface area contributed by atoms with Crippen LogP contribution in [0, 0.1) is 0 Å². The van der Waals surface area contributed by atoms with Crippen LogP contribution in [0.3, 0.4) is 0 Å². The monoisotopic (exact) mass is 765 g/mol. The maximum atomic E-state index is 6.59. The molecule has 0 aliphatic carbocycles. The summed E-state index contributed by atoms with van der Waals surface area (Å²) < 4.78 is 6.59. The van der Waals surface area contributed by atoms with E-state index < -0.39 is 0 Å². The highest BCUT2D eigenvalue weighted by atomic mass is 16.3. The van der Waals surface area contributed by atoms with Crippen LogP contribution in [0.5, 0.6) is 0 Å². The molecule has 282 valence electrons. The molecule has 0 spiro atoms. The van der Waals surface area contributed by atoms with Crippen molar-refractivity contribution >= 4 is 49.8 Å². The van der Waals surface area contributed by atoms with Gasteiger partial charge in [-0.1, -0.05) is 182 Å². The first kappa shape index (κ1) is 35.2. The van der Waals surface area contributed by atoms with Gasteiger partial charge in [0.1, 0.15) is 11.2 Å². The van der Waals surface area contributed by atoms with Crippen molar-refractivity contribution in [2.45, 2.75) is 0 Å². The van der Waals surface area contributed by atoms with Gasteiger partial charge in [-0.15, -0.1) is 0 Å². The molecule has 11 rings (SSSR count). The molecule has 0 saturated carbocycles. The number of nitrogens with zero attached hydrogens (tertiary/aromatic N) is 1. The van der Waals surface area contributed by atoms with Crippen LogP contribution >= 0.6 is 0 Å². The van der Waals surface area contributed by atoms with Gasteiger partial charge >= 0.3 is 0 Å². The van der Waals surface area contributed by atoms with Crippen molar-refractivity contribution in [1.82, 2.24) is 0 Å². The summed E-state index contributed by atoms with van der Waals surface area (Å²) in [7, 11) is 0. The van der Waals surface area contributed by atoms with Crippen LogP contribution in [-0.4, -0.2) is 0 Å². The Morgan fingerprint density at radius 3 is 1.27 bits per heavy atom. The molecule has 0 radical (unpaired) electrons. The normalized spacial score (nSPS) is 11.3. The van der Waals surface area contributed by atoms with E-state index in [9.17, 15) is 0 Å². The van der Waals surface area contributed by atoms with E-state index in [1.165, 1.54) is 55.5 Å². The third-order valence-corrected chi connectivity index (χ3v) is 11.7. The number of hydrogen-bond acceptors (Lipinski definition) is 2. The molecule has 0 bridgehead atoms. The largest absolute Gasteiger partial charge is 0.455 e. The predicted octanol–water partition coefficient (Wildman–Crippen LogP) is 16.5. The Bertz CT molecular complexity index is 3260. The Kier molecular flexibility index (Phi) is 8.87. The summed E-state index contributed by atoms with van der Waals surface area (Å²) in [6.45, 7) is 0. The Morgan fingerprint density at radius 1 is 0.250 bits per heavy atom. The number of benzene rings is 10. The molecule has 0 unspecified atom stereocenters. The van der Waals surface area contributed by atoms with Crippen molar-refractivity contribution < 1.29 is 4.42 Å². The Hall–Kier alpha value is -7.94. The van der Waals surface area contributed by atoms with Gasteiger partial charge in [-0.3, -0.25) is 0 Å². The lowest BCUT2D eigenvalue weighted by molar-refractivity contribution is 0.673. The zero-order chi connectivity index (χ0) is 39.8. The molecule has 10 aromatic carbocycles. The van der Waals surface area contributed by atoms with Gasteiger partial charge in [0.25, 0.3) is 0 Å². The van der Waals surface area contributed by atoms with Crippen LogP contribution in [0.4, 0.5) is 17.1 Å². The van der Waals surface area contributed by atoms with Crippen molar-refractivity contribution in [3.63, 3.8) is 0 Å². The second kappa shape index (κ2) is 15.1. The SMILES string of the molecule is c1ccc(-c2ccc(-c3ccc(N(c4ccc(-c5cc6c7cc(-c8ccccc8)ccc7oc6c6ccccc56)cc4)c4cccc(-c5ccccc5)c4)cc3)cc2)cc1. The lowest BCUT2D eigenvalue weighted by atomic mass is 9.94. The van der Waals surface area contributed by atoms with Crippen LogP contribution in [0.15, 0.2) is 241 Å². The van der Waals surface area contributed by atoms with E-state index in [1.54, 1.807) is 0 Å². The number of furan rings is 1. The van der Waals surface area contributed by atoms with Gasteiger partial charge in [-0.2, -0.15) is 0 Å². The summed E-state index contributed by atoms with van der Waals surface area (Å²) in [5, 5.41) is 4.52. The van der Waals surface area contributed by atoms with E-state index in [1.807, 2.05) is 0 Å². The molecule has 0 fully saturated rings. The van der Waals surface area contributed by atoms with E-state index in [0.29, 0.717) is 0 Å². The molecule has 60 heavy (non-hydrogen) atoms. The van der Waals surface area contributed by atoms with Crippen LogP contribution in [0.25, 0.3) is 88.3 Å². The van der Waals surface area contributed by atoms with E-state index in [2.05, 4.69) is 241 Å². The Labute approximate surface area is 349 Å². The fourth-order valence-electron chi connectivity index (χ4n) is 8.63. The lowest BCUT2D eigenvalue weighted by Crippen LogP contribution is -2.10. The molecule has 0 saturated heterocycles. The van der Waals surface area contributed by atoms with Gasteiger partial charge in [0.2, 0.25) is 0 Å². The molecule has 0 N–H and O–H groups in total. The van der Waals surface area contributed by atoms with Crippen LogP contribution in [0.1, 0.15) is 0 Å². The molecular weight excluding hydrogens is 727 g/mol. The minimum Gasteiger partial charge on any atom is -0.455 e. The molecule has 0 aliphatic rings. The average Bonchev–Trinajstić information content (AvgIpc) is 3.71. The molecule has 1 heterocycles. The minimum atomic E-state index is 0.894. The van der Waals surface area contributed by atoms with E-state index in [4.69, 9.17) is 4.42 Å². The zero-order valence-corrected chi connectivity index (χ0v) is 32.9. The van der Waals surface area contributed by atoms with Crippen molar-refractivity contribution in [2.75, 3.05) is 4.90 Å². The maximum absolute atomic E-state index is 6.59. The summed E-state index contributed by atoms with van der Waals surface area (Å²) in [6.07, 6.45) is 0. The summed E-state index contributed by atoms with van der Waals surface area (Å²) in [6, 6.07) is 84.8.